The minimum Gasteiger partial charge on any atom is -0.478 e. The molecule has 0 aromatic heterocycles. The molecule has 1 heterocycles. The molecular formula is C29H31FN2O5. The van der Waals surface area contributed by atoms with Crippen LogP contribution in [-0.2, 0) is 9.59 Å². The number of β-amino-alcohol motifs (C(OH)–C–C–N with tert-alkyl or cyclic N) is 1. The van der Waals surface area contributed by atoms with Crippen LogP contribution in [-0.4, -0.2) is 76.4 Å². The largest absolute Gasteiger partial charge is 0.478 e. The molecule has 1 atom stereocenters. The molecule has 194 valence electrons. The zero-order valence-corrected chi connectivity index (χ0v) is 20.4. The summed E-state index contributed by atoms with van der Waals surface area (Å²) in [7, 11) is 0. The van der Waals surface area contributed by atoms with E-state index >= 15 is 0 Å². The second kappa shape index (κ2) is 14.0. The van der Waals surface area contributed by atoms with Gasteiger partial charge >= 0.3 is 11.9 Å². The number of aliphatic carboxylic acids is 2. The van der Waals surface area contributed by atoms with Crippen LogP contribution in [0.4, 0.5) is 4.39 Å². The first-order valence-electron chi connectivity index (χ1n) is 12.0. The van der Waals surface area contributed by atoms with E-state index in [1.54, 1.807) is 0 Å². The number of aliphatic hydroxyl groups excluding tert-OH is 1. The lowest BCUT2D eigenvalue weighted by Gasteiger charge is -2.39. The Balaban J connectivity index is 0.000000414. The molecule has 3 aromatic rings. The number of halogens is 1. The van der Waals surface area contributed by atoms with E-state index < -0.39 is 11.9 Å². The summed E-state index contributed by atoms with van der Waals surface area (Å²) >= 11 is 0. The molecule has 0 radical (unpaired) electrons. The lowest BCUT2D eigenvalue weighted by molar-refractivity contribution is -0.134. The first-order valence-corrected chi connectivity index (χ1v) is 12.0. The Morgan fingerprint density at radius 2 is 1.38 bits per heavy atom. The molecule has 37 heavy (non-hydrogen) atoms. The number of aliphatic hydroxyl groups is 1. The van der Waals surface area contributed by atoms with Crippen LogP contribution in [0.2, 0.25) is 0 Å². The summed E-state index contributed by atoms with van der Waals surface area (Å²) in [5.41, 5.74) is 4.64. The number of carbonyl (C=O) groups is 2. The van der Waals surface area contributed by atoms with Gasteiger partial charge in [0.1, 0.15) is 5.82 Å². The maximum Gasteiger partial charge on any atom is 0.328 e. The molecule has 8 heteroatoms. The Hall–Kier alpha value is -3.85. The van der Waals surface area contributed by atoms with Gasteiger partial charge in [0, 0.05) is 44.9 Å². The molecule has 1 unspecified atom stereocenters. The van der Waals surface area contributed by atoms with E-state index in [4.69, 9.17) is 10.2 Å². The first kappa shape index (κ1) is 27.7. The van der Waals surface area contributed by atoms with Crippen LogP contribution in [0, 0.1) is 5.82 Å². The minimum atomic E-state index is -1.26. The van der Waals surface area contributed by atoms with Crippen molar-refractivity contribution in [1.82, 2.24) is 9.80 Å². The lowest BCUT2D eigenvalue weighted by Crippen LogP contribution is -2.48. The van der Waals surface area contributed by atoms with Crippen LogP contribution >= 0.6 is 0 Å². The van der Waals surface area contributed by atoms with Crippen LogP contribution in [0.1, 0.15) is 17.2 Å². The van der Waals surface area contributed by atoms with Gasteiger partial charge in [0.2, 0.25) is 0 Å². The highest BCUT2D eigenvalue weighted by atomic mass is 19.1. The Bertz CT molecular complexity index is 1160. The van der Waals surface area contributed by atoms with Crippen LogP contribution in [0.5, 0.6) is 0 Å². The average molecular weight is 507 g/mol. The maximum absolute atomic E-state index is 13.3. The van der Waals surface area contributed by atoms with Crippen LogP contribution < -0.4 is 0 Å². The van der Waals surface area contributed by atoms with E-state index in [0.29, 0.717) is 12.2 Å². The molecule has 4 rings (SSSR count). The maximum atomic E-state index is 13.3. The van der Waals surface area contributed by atoms with Gasteiger partial charge in [-0.2, -0.15) is 0 Å². The third-order valence-corrected chi connectivity index (χ3v) is 6.05. The second-order valence-electron chi connectivity index (χ2n) is 8.56. The third kappa shape index (κ3) is 8.64. The lowest BCUT2D eigenvalue weighted by atomic mass is 9.93. The number of hydrogen-bond acceptors (Lipinski definition) is 5. The zero-order valence-electron chi connectivity index (χ0n) is 20.4. The number of carboxylic acids is 2. The summed E-state index contributed by atoms with van der Waals surface area (Å²) in [6.07, 6.45) is 1.12. The Labute approximate surface area is 215 Å². The van der Waals surface area contributed by atoms with E-state index in [9.17, 15) is 19.1 Å². The van der Waals surface area contributed by atoms with Crippen molar-refractivity contribution in [2.24, 2.45) is 0 Å². The second-order valence-corrected chi connectivity index (χ2v) is 8.56. The Kier molecular flexibility index (Phi) is 10.5. The fourth-order valence-corrected chi connectivity index (χ4v) is 4.31. The van der Waals surface area contributed by atoms with Gasteiger partial charge in [0.15, 0.2) is 0 Å². The topological polar surface area (TPSA) is 101 Å². The fourth-order valence-electron chi connectivity index (χ4n) is 4.31. The molecule has 0 saturated carbocycles. The van der Waals surface area contributed by atoms with E-state index in [1.165, 1.54) is 23.3 Å². The van der Waals surface area contributed by atoms with Crippen LogP contribution in [0.3, 0.4) is 0 Å². The van der Waals surface area contributed by atoms with Crippen LogP contribution in [0.15, 0.2) is 91.0 Å². The van der Waals surface area contributed by atoms with Gasteiger partial charge in [-0.05, 0) is 40.5 Å². The predicted octanol–water partition coefficient (Wildman–Crippen LogP) is 3.90. The molecule has 3 aromatic carbocycles. The number of rotatable bonds is 8. The normalized spacial score (nSPS) is 15.1. The monoisotopic (exact) mass is 506 g/mol. The number of benzene rings is 3. The van der Waals surface area contributed by atoms with Gasteiger partial charge in [-0.1, -0.05) is 60.7 Å². The van der Waals surface area contributed by atoms with Crippen molar-refractivity contribution < 1.29 is 29.3 Å². The molecule has 0 bridgehead atoms. The first-order chi connectivity index (χ1) is 17.9. The Morgan fingerprint density at radius 3 is 1.95 bits per heavy atom. The summed E-state index contributed by atoms with van der Waals surface area (Å²) < 4.78 is 13.3. The molecule has 1 fully saturated rings. The van der Waals surface area contributed by atoms with Crippen molar-refractivity contribution in [2.45, 2.75) is 6.04 Å². The highest BCUT2D eigenvalue weighted by Gasteiger charge is 2.26. The van der Waals surface area contributed by atoms with Crippen molar-refractivity contribution in [3.8, 4) is 11.1 Å². The molecule has 1 aliphatic rings. The molecule has 1 aliphatic heterocycles. The van der Waals surface area contributed by atoms with Gasteiger partial charge in [-0.25, -0.2) is 14.0 Å². The third-order valence-electron chi connectivity index (χ3n) is 6.05. The molecule has 3 N–H and O–H groups in total. The molecule has 1 saturated heterocycles. The average Bonchev–Trinajstić information content (AvgIpc) is 2.90. The highest BCUT2D eigenvalue weighted by molar-refractivity contribution is 5.89. The molecule has 0 aliphatic carbocycles. The molecule has 0 spiro atoms. The summed E-state index contributed by atoms with van der Waals surface area (Å²) in [4.78, 5) is 23.9. The van der Waals surface area contributed by atoms with Crippen molar-refractivity contribution in [3.63, 3.8) is 0 Å². The molecule has 7 nitrogen and oxygen atoms in total. The van der Waals surface area contributed by atoms with Gasteiger partial charge in [0.05, 0.1) is 12.6 Å². The van der Waals surface area contributed by atoms with Crippen LogP contribution in [0.25, 0.3) is 11.1 Å². The number of piperazine rings is 1. The van der Waals surface area contributed by atoms with Gasteiger partial charge < -0.3 is 15.3 Å². The van der Waals surface area contributed by atoms with Crippen molar-refractivity contribution in [1.29, 1.82) is 0 Å². The van der Waals surface area contributed by atoms with Gasteiger partial charge in [-0.15, -0.1) is 0 Å². The van der Waals surface area contributed by atoms with E-state index in [-0.39, 0.29) is 18.5 Å². The number of nitrogens with zero attached hydrogens (tertiary/aromatic N) is 2. The van der Waals surface area contributed by atoms with Gasteiger partial charge in [-0.3, -0.25) is 9.80 Å². The van der Waals surface area contributed by atoms with Crippen molar-refractivity contribution >= 4 is 11.9 Å². The SMILES string of the molecule is O=C(O)/C=C/C(=O)O.OCCN1CCN(C(c2ccccc2)c2cccc(-c3ccc(F)cc3)c2)CC1. The molecular weight excluding hydrogens is 475 g/mol. The van der Waals surface area contributed by atoms with Crippen molar-refractivity contribution in [2.75, 3.05) is 39.3 Å². The summed E-state index contributed by atoms with van der Waals surface area (Å²) in [6.45, 7) is 4.79. The van der Waals surface area contributed by atoms with E-state index in [1.807, 2.05) is 12.1 Å². The minimum absolute atomic E-state index is 0.174. The van der Waals surface area contributed by atoms with Gasteiger partial charge in [0.25, 0.3) is 0 Å². The Morgan fingerprint density at radius 1 is 0.784 bits per heavy atom. The fraction of sp³-hybridized carbons (Fsp3) is 0.241. The van der Waals surface area contributed by atoms with Crippen molar-refractivity contribution in [3.05, 3.63) is 108 Å². The number of hydrogen-bond donors (Lipinski definition) is 3. The molecule has 0 amide bonds. The summed E-state index contributed by atoms with van der Waals surface area (Å²) in [6, 6.07) is 26.1. The number of carboxylic acid groups (broad SMARTS) is 2. The predicted molar refractivity (Wildman–Crippen MR) is 140 cm³/mol. The van der Waals surface area contributed by atoms with E-state index in [2.05, 4.69) is 64.4 Å². The summed E-state index contributed by atoms with van der Waals surface area (Å²) in [5.74, 6) is -2.73. The quantitative estimate of drug-likeness (QED) is 0.398. The standard InChI is InChI=1S/C25H27FN2O.C4H4O4/c26-24-11-9-20(10-12-24)22-7-4-8-23(19-22)25(21-5-2-1-3-6-21)28-15-13-27(14-16-28)17-18-29;5-3(6)1-2-4(7)8/h1-12,19,25,29H,13-18H2;1-2H,(H,5,6)(H,7,8)/b;2-1+. The van der Waals surface area contributed by atoms with E-state index in [0.717, 1.165) is 43.9 Å². The smallest absolute Gasteiger partial charge is 0.328 e. The highest BCUT2D eigenvalue weighted by Crippen LogP contribution is 2.32. The zero-order chi connectivity index (χ0) is 26.6. The summed E-state index contributed by atoms with van der Waals surface area (Å²) in [5, 5.41) is 24.9.